The van der Waals surface area contributed by atoms with Gasteiger partial charge in [-0.2, -0.15) is 0 Å². The zero-order valence-electron chi connectivity index (χ0n) is 20.5. The molecule has 8 nitrogen and oxygen atoms in total. The second-order valence-electron chi connectivity index (χ2n) is 11.3. The number of ether oxygens (including phenoxy) is 6. The summed E-state index contributed by atoms with van der Waals surface area (Å²) in [6.07, 6.45) is 0.0990. The van der Waals surface area contributed by atoms with Gasteiger partial charge in [-0.15, -0.1) is 0 Å². The summed E-state index contributed by atoms with van der Waals surface area (Å²) in [7, 11) is 0. The summed E-state index contributed by atoms with van der Waals surface area (Å²) >= 11 is 0. The molecule has 0 aromatic rings. The third-order valence-corrected chi connectivity index (χ3v) is 7.28. The van der Waals surface area contributed by atoms with Gasteiger partial charge in [-0.1, -0.05) is 27.2 Å². The summed E-state index contributed by atoms with van der Waals surface area (Å²) in [5.74, 6) is -2.73. The van der Waals surface area contributed by atoms with Crippen LogP contribution in [0.15, 0.2) is 0 Å². The standard InChI is InChI=1S/C24H40O8/c1-13(2)15-9-8-14(3)10-16(15)28-18(25)11-24(26)21-20(30-23(6,7)32-21)19(31-24)17-12-27-22(4,5)29-17/h13-17,19-21,26H,8-12H2,1-7H3/t14-,15+,16-,17-,19-,20+,21+,24+/m1/s1. The smallest absolute Gasteiger partial charge is 0.311 e. The molecule has 3 saturated heterocycles. The topological polar surface area (TPSA) is 92.7 Å². The van der Waals surface area contributed by atoms with Crippen LogP contribution in [0.3, 0.4) is 0 Å². The van der Waals surface area contributed by atoms with Crippen molar-refractivity contribution >= 4 is 5.97 Å². The van der Waals surface area contributed by atoms with Crippen LogP contribution in [0.1, 0.15) is 74.1 Å². The minimum absolute atomic E-state index is 0.146. The maximum Gasteiger partial charge on any atom is 0.311 e. The number of esters is 1. The number of rotatable bonds is 5. The molecular formula is C24H40O8. The van der Waals surface area contributed by atoms with Crippen molar-refractivity contribution in [1.29, 1.82) is 0 Å². The maximum atomic E-state index is 13.0. The second kappa shape index (κ2) is 8.47. The van der Waals surface area contributed by atoms with Crippen LogP contribution in [0.5, 0.6) is 0 Å². The van der Waals surface area contributed by atoms with Gasteiger partial charge in [0.05, 0.1) is 6.61 Å². The molecule has 184 valence electrons. The summed E-state index contributed by atoms with van der Waals surface area (Å²) in [5, 5.41) is 11.5. The fourth-order valence-electron chi connectivity index (χ4n) is 5.72. The fourth-order valence-corrected chi connectivity index (χ4v) is 5.72. The average molecular weight is 457 g/mol. The first-order chi connectivity index (χ1) is 14.8. The van der Waals surface area contributed by atoms with E-state index in [9.17, 15) is 9.90 Å². The summed E-state index contributed by atoms with van der Waals surface area (Å²) in [6.45, 7) is 14.1. The quantitative estimate of drug-likeness (QED) is 0.631. The van der Waals surface area contributed by atoms with Crippen molar-refractivity contribution in [2.75, 3.05) is 6.61 Å². The van der Waals surface area contributed by atoms with E-state index < -0.39 is 47.7 Å². The third-order valence-electron chi connectivity index (χ3n) is 7.28. The molecule has 4 fully saturated rings. The second-order valence-corrected chi connectivity index (χ2v) is 11.3. The number of hydrogen-bond donors (Lipinski definition) is 1. The Labute approximate surface area is 191 Å². The highest BCUT2D eigenvalue weighted by Gasteiger charge is 2.65. The minimum atomic E-state index is -1.86. The Bertz CT molecular complexity index is 706. The van der Waals surface area contributed by atoms with Crippen LogP contribution < -0.4 is 0 Å². The largest absolute Gasteiger partial charge is 0.462 e. The Morgan fingerprint density at radius 1 is 1.03 bits per heavy atom. The first kappa shape index (κ1) is 24.4. The number of carbonyl (C=O) groups excluding carboxylic acids is 1. The van der Waals surface area contributed by atoms with Gasteiger partial charge in [0.15, 0.2) is 11.6 Å². The lowest BCUT2D eigenvalue weighted by atomic mass is 9.75. The molecule has 0 aromatic carbocycles. The Hall–Kier alpha value is -0.770. The van der Waals surface area contributed by atoms with Gasteiger partial charge in [0.2, 0.25) is 5.79 Å². The van der Waals surface area contributed by atoms with Crippen molar-refractivity contribution in [3.05, 3.63) is 0 Å². The van der Waals surface area contributed by atoms with Gasteiger partial charge in [0.1, 0.15) is 36.9 Å². The third kappa shape index (κ3) is 4.86. The monoisotopic (exact) mass is 456 g/mol. The van der Waals surface area contributed by atoms with Crippen LogP contribution in [0.4, 0.5) is 0 Å². The predicted octanol–water partition coefficient (Wildman–Crippen LogP) is 3.14. The molecule has 0 radical (unpaired) electrons. The summed E-state index contributed by atoms with van der Waals surface area (Å²) in [6, 6.07) is 0. The molecule has 8 atom stereocenters. The molecule has 0 aromatic heterocycles. The molecule has 1 aliphatic carbocycles. The molecule has 3 heterocycles. The van der Waals surface area contributed by atoms with Gasteiger partial charge in [-0.05, 0) is 58.3 Å². The van der Waals surface area contributed by atoms with Crippen molar-refractivity contribution in [3.63, 3.8) is 0 Å². The Morgan fingerprint density at radius 2 is 1.75 bits per heavy atom. The van der Waals surface area contributed by atoms with E-state index >= 15 is 0 Å². The van der Waals surface area contributed by atoms with E-state index in [1.807, 2.05) is 13.8 Å². The fraction of sp³-hybridized carbons (Fsp3) is 0.958. The first-order valence-electron chi connectivity index (χ1n) is 12.1. The summed E-state index contributed by atoms with van der Waals surface area (Å²) in [5.41, 5.74) is 0. The van der Waals surface area contributed by atoms with Crippen molar-refractivity contribution in [1.82, 2.24) is 0 Å². The molecule has 0 unspecified atom stereocenters. The van der Waals surface area contributed by atoms with Gasteiger partial charge < -0.3 is 33.5 Å². The van der Waals surface area contributed by atoms with Crippen LogP contribution in [-0.4, -0.2) is 65.6 Å². The lowest BCUT2D eigenvalue weighted by molar-refractivity contribution is -0.287. The van der Waals surface area contributed by atoms with Crippen LogP contribution in [0.2, 0.25) is 0 Å². The summed E-state index contributed by atoms with van der Waals surface area (Å²) < 4.78 is 35.7. The summed E-state index contributed by atoms with van der Waals surface area (Å²) in [4.78, 5) is 13.0. The maximum absolute atomic E-state index is 13.0. The molecule has 0 bridgehead atoms. The normalized spacial score (nSPS) is 45.2. The van der Waals surface area contributed by atoms with Gasteiger partial charge in [0, 0.05) is 0 Å². The van der Waals surface area contributed by atoms with Gasteiger partial charge in [0.25, 0.3) is 0 Å². The van der Waals surface area contributed by atoms with Crippen molar-refractivity contribution in [2.24, 2.45) is 17.8 Å². The highest BCUT2D eigenvalue weighted by Crippen LogP contribution is 2.47. The minimum Gasteiger partial charge on any atom is -0.462 e. The zero-order valence-corrected chi connectivity index (χ0v) is 20.5. The number of carbonyl (C=O) groups is 1. The Morgan fingerprint density at radius 3 is 2.38 bits per heavy atom. The Kier molecular flexibility index (Phi) is 6.45. The van der Waals surface area contributed by atoms with Gasteiger partial charge in [-0.3, -0.25) is 4.79 Å². The van der Waals surface area contributed by atoms with Crippen LogP contribution in [0.25, 0.3) is 0 Å². The lowest BCUT2D eigenvalue weighted by Crippen LogP contribution is -2.46. The molecule has 0 amide bonds. The molecule has 8 heteroatoms. The Balaban J connectivity index is 1.47. The molecule has 4 aliphatic rings. The molecular weight excluding hydrogens is 416 g/mol. The zero-order chi connectivity index (χ0) is 23.5. The molecule has 32 heavy (non-hydrogen) atoms. The molecule has 1 saturated carbocycles. The number of aliphatic hydroxyl groups is 1. The number of hydrogen-bond acceptors (Lipinski definition) is 8. The number of fused-ring (bicyclic) bond motifs is 1. The van der Waals surface area contributed by atoms with E-state index in [1.165, 1.54) is 0 Å². The van der Waals surface area contributed by atoms with E-state index in [0.717, 1.165) is 19.3 Å². The lowest BCUT2D eigenvalue weighted by Gasteiger charge is -2.37. The van der Waals surface area contributed by atoms with Gasteiger partial charge in [-0.25, -0.2) is 0 Å². The van der Waals surface area contributed by atoms with Crippen molar-refractivity contribution in [3.8, 4) is 0 Å². The SMILES string of the molecule is CC(C)[C@@H]1CC[C@@H](C)C[C@H]1OC(=O)C[C@]1(O)O[C@H]([C@H]2COC(C)(C)O2)[C@@H]2OC(C)(C)O[C@@H]21. The highest BCUT2D eigenvalue weighted by molar-refractivity contribution is 5.71. The van der Waals surface area contributed by atoms with Crippen LogP contribution >= 0.6 is 0 Å². The van der Waals surface area contributed by atoms with E-state index in [-0.39, 0.29) is 12.5 Å². The average Bonchev–Trinajstić information content (AvgIpc) is 3.25. The van der Waals surface area contributed by atoms with E-state index in [4.69, 9.17) is 28.4 Å². The van der Waals surface area contributed by atoms with E-state index in [0.29, 0.717) is 24.4 Å². The molecule has 1 N–H and O–H groups in total. The molecule has 0 spiro atoms. The molecule has 3 aliphatic heterocycles. The van der Waals surface area contributed by atoms with Crippen molar-refractivity contribution in [2.45, 2.75) is 122 Å². The van der Waals surface area contributed by atoms with Crippen LogP contribution in [-0.2, 0) is 33.2 Å². The van der Waals surface area contributed by atoms with Crippen LogP contribution in [0, 0.1) is 17.8 Å². The molecule has 4 rings (SSSR count). The predicted molar refractivity (Wildman–Crippen MR) is 114 cm³/mol. The van der Waals surface area contributed by atoms with Gasteiger partial charge >= 0.3 is 5.97 Å². The highest BCUT2D eigenvalue weighted by atomic mass is 16.8. The van der Waals surface area contributed by atoms with Crippen molar-refractivity contribution < 1.29 is 38.3 Å². The van der Waals surface area contributed by atoms with E-state index in [1.54, 1.807) is 13.8 Å². The first-order valence-corrected chi connectivity index (χ1v) is 12.1. The van der Waals surface area contributed by atoms with E-state index in [2.05, 4.69) is 20.8 Å².